The third kappa shape index (κ3) is 14.3. The summed E-state index contributed by atoms with van der Waals surface area (Å²) in [6.45, 7) is 31.9. The van der Waals surface area contributed by atoms with Gasteiger partial charge < -0.3 is 18.9 Å². The molecule has 0 spiro atoms. The second-order valence-corrected chi connectivity index (χ2v) is 18.7. The summed E-state index contributed by atoms with van der Waals surface area (Å²) in [7, 11) is 0. The van der Waals surface area contributed by atoms with Crippen molar-refractivity contribution >= 4 is 49.5 Å². The van der Waals surface area contributed by atoms with E-state index in [4.69, 9.17) is 44.2 Å². The van der Waals surface area contributed by atoms with Crippen molar-refractivity contribution in [3.8, 4) is 0 Å². The number of thiol groups is 3. The van der Waals surface area contributed by atoms with E-state index in [9.17, 15) is 9.59 Å². The molecule has 0 heterocycles. The topological polar surface area (TPSA) is 71.1 Å². The van der Waals surface area contributed by atoms with Gasteiger partial charge in [0.1, 0.15) is 21.1 Å². The van der Waals surface area contributed by atoms with Crippen LogP contribution >= 0.6 is 37.9 Å². The standard InChI is InChI=1S/C32H62O6S3/c1-21(2)35-26(7,8)19-30(15,39)24(34)29(13,14)37-27(9,10)20-32(17,41)38-28(11,12)23(33)25(5,6)18-31(16,40)36-22(3)4/h21-22,39-41H,18-20H2,1-17H3. The molecule has 0 N–H and O–H groups in total. The van der Waals surface area contributed by atoms with E-state index in [1.807, 2.05) is 90.0 Å². The van der Waals surface area contributed by atoms with Gasteiger partial charge in [-0.2, -0.15) is 12.6 Å². The third-order valence-corrected chi connectivity index (χ3v) is 7.42. The molecule has 3 atom stereocenters. The summed E-state index contributed by atoms with van der Waals surface area (Å²) < 4.78 is 23.9. The van der Waals surface area contributed by atoms with Gasteiger partial charge in [0.25, 0.3) is 0 Å². The van der Waals surface area contributed by atoms with E-state index in [1.54, 1.807) is 27.7 Å². The van der Waals surface area contributed by atoms with Gasteiger partial charge in [0, 0.05) is 11.8 Å². The molecule has 41 heavy (non-hydrogen) atoms. The number of ketones is 2. The van der Waals surface area contributed by atoms with E-state index < -0.39 is 42.4 Å². The van der Waals surface area contributed by atoms with Gasteiger partial charge >= 0.3 is 0 Å². The van der Waals surface area contributed by atoms with Crippen molar-refractivity contribution < 1.29 is 28.5 Å². The SMILES string of the molecule is CC(C)OC(C)(C)CC(C)(S)C(=O)C(C)(C)OC(C)(C)CC(C)(S)OC(C)(C)C(=O)C(C)(C)CC(C)(S)OC(C)C. The van der Waals surface area contributed by atoms with E-state index in [0.29, 0.717) is 19.3 Å². The lowest BCUT2D eigenvalue weighted by Gasteiger charge is -2.45. The van der Waals surface area contributed by atoms with Gasteiger partial charge in [-0.25, -0.2) is 0 Å². The van der Waals surface area contributed by atoms with Crippen LogP contribution in [-0.4, -0.2) is 60.8 Å². The van der Waals surface area contributed by atoms with Crippen LogP contribution in [0.15, 0.2) is 0 Å². The zero-order chi connectivity index (χ0) is 33.3. The molecule has 0 aromatic heterocycles. The van der Waals surface area contributed by atoms with Crippen LogP contribution in [0.4, 0.5) is 0 Å². The largest absolute Gasteiger partial charge is 0.373 e. The number of hydrogen-bond acceptors (Lipinski definition) is 9. The zero-order valence-corrected chi connectivity index (χ0v) is 31.8. The molecule has 0 fully saturated rings. The lowest BCUT2D eigenvalue weighted by atomic mass is 9.76. The summed E-state index contributed by atoms with van der Waals surface area (Å²) >= 11 is 14.3. The highest BCUT2D eigenvalue weighted by Gasteiger charge is 2.50. The maximum atomic E-state index is 13.8. The Morgan fingerprint density at radius 2 is 0.951 bits per heavy atom. The average molecular weight is 639 g/mol. The quantitative estimate of drug-likeness (QED) is 0.104. The van der Waals surface area contributed by atoms with Gasteiger partial charge in [-0.3, -0.25) is 9.59 Å². The monoisotopic (exact) mass is 638 g/mol. The molecule has 0 bridgehead atoms. The fourth-order valence-electron chi connectivity index (χ4n) is 6.70. The van der Waals surface area contributed by atoms with Gasteiger partial charge in [0.15, 0.2) is 11.6 Å². The summed E-state index contributed by atoms with van der Waals surface area (Å²) in [4.78, 5) is 25.7. The minimum Gasteiger partial charge on any atom is -0.373 e. The first kappa shape index (κ1) is 41.2. The average Bonchev–Trinajstić information content (AvgIpc) is 2.59. The first-order chi connectivity index (χ1) is 17.7. The summed E-state index contributed by atoms with van der Waals surface area (Å²) in [5.74, 6) is -0.219. The number of Topliss-reactive ketones (excluding diaryl/α,β-unsaturated/α-hetero) is 2. The van der Waals surface area contributed by atoms with Crippen LogP contribution in [0, 0.1) is 5.41 Å². The molecule has 0 saturated heterocycles. The maximum absolute atomic E-state index is 13.8. The van der Waals surface area contributed by atoms with Crippen molar-refractivity contribution in [3.63, 3.8) is 0 Å². The second kappa shape index (κ2) is 13.7. The number of ether oxygens (including phenoxy) is 4. The minimum atomic E-state index is -1.16. The summed E-state index contributed by atoms with van der Waals surface area (Å²) in [6, 6.07) is 0. The highest BCUT2D eigenvalue weighted by Crippen LogP contribution is 2.42. The van der Waals surface area contributed by atoms with Crippen LogP contribution in [0.25, 0.3) is 0 Å². The summed E-state index contributed by atoms with van der Waals surface area (Å²) in [5, 5.41) is 0. The van der Waals surface area contributed by atoms with Crippen molar-refractivity contribution in [1.29, 1.82) is 0 Å². The van der Waals surface area contributed by atoms with Gasteiger partial charge in [0.05, 0.1) is 28.2 Å². The Bertz CT molecular complexity index is 827. The molecule has 0 aliphatic heterocycles. The van der Waals surface area contributed by atoms with Crippen molar-refractivity contribution in [2.75, 3.05) is 0 Å². The van der Waals surface area contributed by atoms with Crippen LogP contribution in [0.2, 0.25) is 0 Å². The normalized spacial score (nSPS) is 18.7. The summed E-state index contributed by atoms with van der Waals surface area (Å²) in [5.41, 5.74) is -4.45. The Hall–Kier alpha value is 0.230. The van der Waals surface area contributed by atoms with E-state index in [0.717, 1.165) is 0 Å². The molecule has 0 amide bonds. The lowest BCUT2D eigenvalue weighted by molar-refractivity contribution is -0.184. The first-order valence-corrected chi connectivity index (χ1v) is 16.0. The maximum Gasteiger partial charge on any atom is 0.179 e. The van der Waals surface area contributed by atoms with Gasteiger partial charge in [-0.05, 0) is 117 Å². The highest BCUT2D eigenvalue weighted by atomic mass is 32.1. The predicted octanol–water partition coefficient (Wildman–Crippen LogP) is 8.30. The zero-order valence-electron chi connectivity index (χ0n) is 29.1. The fourth-order valence-corrected chi connectivity index (χ4v) is 8.56. The Kier molecular flexibility index (Phi) is 13.8. The van der Waals surface area contributed by atoms with Crippen LogP contribution in [0.3, 0.4) is 0 Å². The Morgan fingerprint density at radius 3 is 1.37 bits per heavy atom. The van der Waals surface area contributed by atoms with E-state index in [1.165, 1.54) is 0 Å². The van der Waals surface area contributed by atoms with Crippen LogP contribution in [-0.2, 0) is 28.5 Å². The van der Waals surface area contributed by atoms with Crippen molar-refractivity contribution in [2.24, 2.45) is 5.41 Å². The first-order valence-electron chi connectivity index (χ1n) is 14.7. The molecule has 6 nitrogen and oxygen atoms in total. The third-order valence-electron chi connectivity index (χ3n) is 6.54. The molecule has 9 heteroatoms. The molecule has 0 aromatic rings. The predicted molar refractivity (Wildman–Crippen MR) is 181 cm³/mol. The van der Waals surface area contributed by atoms with Crippen molar-refractivity contribution in [2.45, 2.75) is 186 Å². The molecule has 244 valence electrons. The second-order valence-electron chi connectivity index (χ2n) is 15.8. The van der Waals surface area contributed by atoms with E-state index >= 15 is 0 Å². The van der Waals surface area contributed by atoms with E-state index in [2.05, 4.69) is 12.6 Å². The van der Waals surface area contributed by atoms with Gasteiger partial charge in [-0.1, -0.05) is 13.8 Å². The molecule has 0 aliphatic rings. The molecule has 0 saturated carbocycles. The molecule has 0 aromatic carbocycles. The Labute approximate surface area is 268 Å². The Morgan fingerprint density at radius 1 is 0.537 bits per heavy atom. The number of rotatable bonds is 18. The molecule has 0 radical (unpaired) electrons. The summed E-state index contributed by atoms with van der Waals surface area (Å²) in [6.07, 6.45) is 1.14. The fraction of sp³-hybridized carbons (Fsp3) is 0.938. The van der Waals surface area contributed by atoms with Crippen molar-refractivity contribution in [3.05, 3.63) is 0 Å². The highest BCUT2D eigenvalue weighted by molar-refractivity contribution is 7.82. The molecular formula is C32H62O6S3. The van der Waals surface area contributed by atoms with Crippen molar-refractivity contribution in [1.82, 2.24) is 0 Å². The number of hydrogen-bond donors (Lipinski definition) is 3. The number of carbonyl (C=O) groups excluding carboxylic acids is 2. The van der Waals surface area contributed by atoms with E-state index in [-0.39, 0.29) is 23.8 Å². The molecular weight excluding hydrogens is 577 g/mol. The van der Waals surface area contributed by atoms with Crippen LogP contribution < -0.4 is 0 Å². The Balaban J connectivity index is 5.72. The minimum absolute atomic E-state index is 0.0213. The van der Waals surface area contributed by atoms with Crippen LogP contribution in [0.1, 0.15) is 137 Å². The van der Waals surface area contributed by atoms with Gasteiger partial charge in [0.2, 0.25) is 0 Å². The molecule has 3 unspecified atom stereocenters. The lowest BCUT2D eigenvalue weighted by Crippen LogP contribution is -2.54. The molecule has 0 rings (SSSR count). The van der Waals surface area contributed by atoms with Gasteiger partial charge in [-0.15, -0.1) is 25.3 Å². The smallest absolute Gasteiger partial charge is 0.179 e. The number of carbonyl (C=O) groups is 2. The van der Waals surface area contributed by atoms with Crippen LogP contribution in [0.5, 0.6) is 0 Å². The molecule has 0 aliphatic carbocycles.